The summed E-state index contributed by atoms with van der Waals surface area (Å²) in [5.74, 6) is 0.372. The first-order valence-corrected chi connectivity index (χ1v) is 8.93. The van der Waals surface area contributed by atoms with Gasteiger partial charge in [0.25, 0.3) is 0 Å². The molecule has 4 rings (SSSR count). The molecule has 0 unspecified atom stereocenters. The summed E-state index contributed by atoms with van der Waals surface area (Å²) in [6.07, 6.45) is 1.29. The van der Waals surface area contributed by atoms with Crippen LogP contribution in [0.2, 0.25) is 0 Å². The number of phenolic OH excluding ortho intramolecular Hbond substituents is 1. The number of para-hydroxylation sites is 1. The van der Waals surface area contributed by atoms with Crippen molar-refractivity contribution >= 4 is 21.8 Å². The van der Waals surface area contributed by atoms with Crippen LogP contribution in [-0.4, -0.2) is 27.6 Å². The topological polar surface area (TPSA) is 43.8 Å². The van der Waals surface area contributed by atoms with Gasteiger partial charge in [-0.05, 0) is 37.1 Å². The maximum atomic E-state index is 12.6. The zero-order chi connectivity index (χ0) is 16.9. The van der Waals surface area contributed by atoms with Crippen LogP contribution in [0.25, 0.3) is 0 Å². The lowest BCUT2D eigenvalue weighted by molar-refractivity contribution is -0.144. The van der Waals surface area contributed by atoms with E-state index >= 15 is 0 Å². The third-order valence-corrected chi connectivity index (χ3v) is 5.73. The molecule has 0 saturated carbocycles. The molecule has 2 aliphatic heterocycles. The number of phenols is 1. The van der Waals surface area contributed by atoms with Gasteiger partial charge < -0.3 is 5.11 Å². The normalized spacial score (nSPS) is 26.8. The van der Waals surface area contributed by atoms with Crippen LogP contribution in [0.15, 0.2) is 53.0 Å². The van der Waals surface area contributed by atoms with Gasteiger partial charge in [-0.15, -0.1) is 0 Å². The maximum Gasteiger partial charge on any atom is 0.239 e. The van der Waals surface area contributed by atoms with E-state index in [2.05, 4.69) is 40.0 Å². The average molecular weight is 387 g/mol. The van der Waals surface area contributed by atoms with E-state index in [0.29, 0.717) is 6.42 Å². The lowest BCUT2D eigenvalue weighted by Crippen LogP contribution is -2.44. The summed E-state index contributed by atoms with van der Waals surface area (Å²) < 4.78 is 1.04. The second-order valence-electron chi connectivity index (χ2n) is 6.68. The summed E-state index contributed by atoms with van der Waals surface area (Å²) >= 11 is 3.48. The van der Waals surface area contributed by atoms with Crippen molar-refractivity contribution in [3.05, 3.63) is 64.1 Å². The number of hydrogen-bond donors (Lipinski definition) is 1. The largest absolute Gasteiger partial charge is 0.508 e. The van der Waals surface area contributed by atoms with Gasteiger partial charge in [0.15, 0.2) is 0 Å². The molecule has 1 N–H and O–H groups in total. The number of carbonyl (C=O) groups is 1. The van der Waals surface area contributed by atoms with Crippen molar-refractivity contribution < 1.29 is 9.90 Å². The Morgan fingerprint density at radius 1 is 1.17 bits per heavy atom. The van der Waals surface area contributed by atoms with E-state index in [4.69, 9.17) is 0 Å². The highest BCUT2D eigenvalue weighted by molar-refractivity contribution is 9.10. The number of carbonyl (C=O) groups excluding carboxylic acids is 1. The van der Waals surface area contributed by atoms with Crippen LogP contribution in [0.3, 0.4) is 0 Å². The van der Waals surface area contributed by atoms with Crippen LogP contribution in [0.1, 0.15) is 36.9 Å². The minimum absolute atomic E-state index is 0.125. The molecule has 2 fully saturated rings. The molecule has 2 saturated heterocycles. The Bertz CT molecular complexity index is 792. The van der Waals surface area contributed by atoms with E-state index < -0.39 is 5.54 Å². The Morgan fingerprint density at radius 2 is 1.88 bits per heavy atom. The third-order valence-electron chi connectivity index (χ3n) is 5.21. The van der Waals surface area contributed by atoms with Crippen molar-refractivity contribution in [3.8, 4) is 5.75 Å². The average Bonchev–Trinajstić information content (AvgIpc) is 3.09. The molecule has 1 amide bonds. The highest BCUT2D eigenvalue weighted by Gasteiger charge is 2.54. The molecule has 0 aliphatic carbocycles. The number of aromatic hydroxyl groups is 1. The minimum atomic E-state index is -0.531. The minimum Gasteiger partial charge on any atom is -0.508 e. The van der Waals surface area contributed by atoms with E-state index in [9.17, 15) is 9.90 Å². The van der Waals surface area contributed by atoms with E-state index in [0.717, 1.165) is 23.0 Å². The van der Waals surface area contributed by atoms with Crippen molar-refractivity contribution in [1.82, 2.24) is 10.0 Å². The molecule has 24 heavy (non-hydrogen) atoms. The van der Waals surface area contributed by atoms with E-state index in [-0.39, 0.29) is 17.7 Å². The number of hydrogen-bond acceptors (Lipinski definition) is 3. The first-order chi connectivity index (χ1) is 11.5. The van der Waals surface area contributed by atoms with Gasteiger partial charge >= 0.3 is 0 Å². The summed E-state index contributed by atoms with van der Waals surface area (Å²) in [5, 5.41) is 14.4. The zero-order valence-corrected chi connectivity index (χ0v) is 15.0. The molecular formula is C19H19BrN2O2. The van der Waals surface area contributed by atoms with Crippen LogP contribution in [0.4, 0.5) is 0 Å². The summed E-state index contributed by atoms with van der Waals surface area (Å²) in [6, 6.07) is 15.8. The van der Waals surface area contributed by atoms with Gasteiger partial charge in [0.05, 0.1) is 11.6 Å². The Kier molecular flexibility index (Phi) is 3.66. The number of hydrazine groups is 1. The Hall–Kier alpha value is -1.85. The number of halogens is 1. The zero-order valence-electron chi connectivity index (χ0n) is 13.4. The SMILES string of the molecule is C[C@@]1(c2ccccc2O)C[C@H](c2ccc(Br)cc2)N2CCC(=O)N21. The molecule has 2 aromatic rings. The second-order valence-corrected chi connectivity index (χ2v) is 7.60. The molecule has 5 heteroatoms. The third kappa shape index (κ3) is 2.26. The van der Waals surface area contributed by atoms with Crippen LogP contribution in [0, 0.1) is 0 Å². The van der Waals surface area contributed by atoms with Gasteiger partial charge in [-0.2, -0.15) is 0 Å². The molecule has 2 atom stereocenters. The molecule has 4 nitrogen and oxygen atoms in total. The summed E-state index contributed by atoms with van der Waals surface area (Å²) in [4.78, 5) is 12.6. The molecule has 0 spiro atoms. The first kappa shape index (κ1) is 15.7. The van der Waals surface area contributed by atoms with Gasteiger partial charge in [-0.1, -0.05) is 46.3 Å². The number of amides is 1. The van der Waals surface area contributed by atoms with Crippen LogP contribution in [0.5, 0.6) is 5.75 Å². The number of fused-ring (bicyclic) bond motifs is 1. The summed E-state index contributed by atoms with van der Waals surface area (Å²) in [7, 11) is 0. The second kappa shape index (κ2) is 5.60. The highest BCUT2D eigenvalue weighted by atomic mass is 79.9. The number of rotatable bonds is 2. The summed E-state index contributed by atoms with van der Waals surface area (Å²) in [6.45, 7) is 2.78. The van der Waals surface area contributed by atoms with Crippen LogP contribution in [-0.2, 0) is 10.3 Å². The molecule has 2 aromatic carbocycles. The van der Waals surface area contributed by atoms with Gasteiger partial charge in [0, 0.05) is 23.0 Å². The van der Waals surface area contributed by atoms with Crippen LogP contribution >= 0.6 is 15.9 Å². The van der Waals surface area contributed by atoms with Crippen LogP contribution < -0.4 is 0 Å². The fourth-order valence-electron chi connectivity index (χ4n) is 4.11. The molecule has 0 radical (unpaired) electrons. The quantitative estimate of drug-likeness (QED) is 0.848. The highest BCUT2D eigenvalue weighted by Crippen LogP contribution is 2.52. The van der Waals surface area contributed by atoms with Crippen molar-refractivity contribution in [2.24, 2.45) is 0 Å². The van der Waals surface area contributed by atoms with Crippen molar-refractivity contribution in [2.45, 2.75) is 31.3 Å². The Morgan fingerprint density at radius 3 is 2.58 bits per heavy atom. The number of benzene rings is 2. The predicted molar refractivity (Wildman–Crippen MR) is 95.1 cm³/mol. The monoisotopic (exact) mass is 386 g/mol. The van der Waals surface area contributed by atoms with Gasteiger partial charge in [-0.3, -0.25) is 9.80 Å². The predicted octanol–water partition coefficient (Wildman–Crippen LogP) is 3.96. The maximum absolute atomic E-state index is 12.6. The molecule has 0 aromatic heterocycles. The van der Waals surface area contributed by atoms with E-state index in [1.807, 2.05) is 35.3 Å². The first-order valence-electron chi connectivity index (χ1n) is 8.14. The Balaban J connectivity index is 1.80. The molecule has 0 bridgehead atoms. The van der Waals surface area contributed by atoms with Crippen molar-refractivity contribution in [2.75, 3.05) is 6.54 Å². The van der Waals surface area contributed by atoms with E-state index in [1.165, 1.54) is 5.56 Å². The Labute approximate surface area is 149 Å². The summed E-state index contributed by atoms with van der Waals surface area (Å²) in [5.41, 5.74) is 1.47. The van der Waals surface area contributed by atoms with Crippen molar-refractivity contribution in [1.29, 1.82) is 0 Å². The van der Waals surface area contributed by atoms with Gasteiger partial charge in [0.1, 0.15) is 5.75 Å². The molecule has 2 heterocycles. The van der Waals surface area contributed by atoms with Gasteiger partial charge in [-0.25, -0.2) is 5.01 Å². The standard InChI is InChI=1S/C19H19BrN2O2/c1-19(15-4-2-3-5-17(15)23)12-16(13-6-8-14(20)9-7-13)21-11-10-18(24)22(19)21/h2-9,16,23H,10-12H2,1H3/t16-,19+/m1/s1. The fourth-order valence-corrected chi connectivity index (χ4v) is 4.37. The molecule has 2 aliphatic rings. The fraction of sp³-hybridized carbons (Fsp3) is 0.316. The smallest absolute Gasteiger partial charge is 0.239 e. The lowest BCUT2D eigenvalue weighted by Gasteiger charge is -2.35. The molecule has 124 valence electrons. The van der Waals surface area contributed by atoms with Gasteiger partial charge in [0.2, 0.25) is 5.91 Å². The molecular weight excluding hydrogens is 368 g/mol. The number of nitrogens with zero attached hydrogens (tertiary/aromatic N) is 2. The lowest BCUT2D eigenvalue weighted by atomic mass is 9.84. The van der Waals surface area contributed by atoms with Crippen molar-refractivity contribution in [3.63, 3.8) is 0 Å². The van der Waals surface area contributed by atoms with E-state index in [1.54, 1.807) is 6.07 Å².